The Balaban J connectivity index is 0.000000156. The number of pyridine rings is 2. The van der Waals surface area contributed by atoms with Gasteiger partial charge in [-0.2, -0.15) is 0 Å². The van der Waals surface area contributed by atoms with E-state index in [1.807, 2.05) is 73.8 Å². The van der Waals surface area contributed by atoms with Gasteiger partial charge in [0.1, 0.15) is 28.8 Å². The summed E-state index contributed by atoms with van der Waals surface area (Å²) in [6.07, 6.45) is 1.84. The molecule has 0 aliphatic rings. The van der Waals surface area contributed by atoms with E-state index in [2.05, 4.69) is 220 Å². The molecule has 0 aliphatic heterocycles. The maximum Gasteiger partial charge on any atom is 0.198 e. The Labute approximate surface area is 479 Å². The third-order valence-electron chi connectivity index (χ3n) is 13.8. The Morgan fingerprint density at radius 3 is 1.64 bits per heavy atom. The number of rotatable bonds is 6. The minimum Gasteiger partial charge on any atom is -0.440 e. The highest BCUT2D eigenvalue weighted by Crippen LogP contribution is 2.24. The molecule has 0 atom stereocenters. The first-order valence-corrected chi connectivity index (χ1v) is 28.1. The molecule has 12 rings (SSSR count). The van der Waals surface area contributed by atoms with Gasteiger partial charge >= 0.3 is 0 Å². The van der Waals surface area contributed by atoms with Crippen molar-refractivity contribution in [3.8, 4) is 0 Å². The monoisotopic (exact) mass is 1090 g/mol. The van der Waals surface area contributed by atoms with Crippen molar-refractivity contribution in [3.63, 3.8) is 0 Å². The lowest BCUT2D eigenvalue weighted by atomic mass is 10.1. The fraction of sp³-hybridized carbons (Fsp3) is 0.368. The average Bonchev–Trinajstić information content (AvgIpc) is 4.31. The highest BCUT2D eigenvalue weighted by molar-refractivity contribution is 5.80. The van der Waals surface area contributed by atoms with Gasteiger partial charge < -0.3 is 28.5 Å². The number of nitrogens with one attached hydrogen (secondary N) is 3. The third kappa shape index (κ3) is 15.4. The highest BCUT2D eigenvalue weighted by atomic mass is 16.3. The standard InChI is InChI=1S/2C12H16N2.C12H13NO.C11H14N2.C10H13N3.C10H11NO.CH4/c1-7(2)12-13-10-5-8(3)9(4)6-11(10)14-12;1-8(2)12-13-10-7-9(3)5-6-11(10)14(12)4;1-8(2)11-7-12(14)9-5-3-4-6-10(9)13-11;1-8(2)11-12-9-6-4-5-7-10(9)13(11)3;1-6(2)9-12-8-4-7(3)5-11-10(8)13-9;1-7(2)10-11-8-5-3-4-6-9(8)12-10;/h5-7H,1-4H3,(H,13,14);5-8H,1-4H3;3-8H,1-2H3,(H,13,14);4-8H,1-3H3;4-6H,1-3H3,(H,11,12,13);3-7H,1-2H3;1H4. The van der Waals surface area contributed by atoms with E-state index < -0.39 is 0 Å². The van der Waals surface area contributed by atoms with Crippen LogP contribution >= 0.6 is 0 Å². The molecule has 0 amide bonds. The molecule has 0 spiro atoms. The summed E-state index contributed by atoms with van der Waals surface area (Å²) in [5.41, 5.74) is 17.6. The molecule has 13 heteroatoms. The van der Waals surface area contributed by atoms with E-state index in [0.717, 1.165) is 95.7 Å². The minimum absolute atomic E-state index is 0. The van der Waals surface area contributed by atoms with Crippen LogP contribution in [-0.4, -0.2) is 54.0 Å². The molecule has 12 aromatic rings. The summed E-state index contributed by atoms with van der Waals surface area (Å²) in [5.74, 6) is 7.77. The third-order valence-corrected chi connectivity index (χ3v) is 13.8. The fourth-order valence-electron chi connectivity index (χ4n) is 9.05. The summed E-state index contributed by atoms with van der Waals surface area (Å²) in [7, 11) is 4.16. The van der Waals surface area contributed by atoms with Gasteiger partial charge in [-0.05, 0) is 123 Å². The molecule has 0 radical (unpaired) electrons. The number of fused-ring (bicyclic) bond motifs is 6. The number of para-hydroxylation sites is 5. The van der Waals surface area contributed by atoms with Gasteiger partial charge in [0.25, 0.3) is 0 Å². The van der Waals surface area contributed by atoms with Crippen molar-refractivity contribution in [2.24, 2.45) is 14.1 Å². The van der Waals surface area contributed by atoms with Crippen LogP contribution in [0.3, 0.4) is 0 Å². The maximum absolute atomic E-state index is 11.7. The van der Waals surface area contributed by atoms with E-state index in [-0.39, 0.29) is 12.9 Å². The quantitative estimate of drug-likeness (QED) is 0.148. The topological polar surface area (TPSA) is 165 Å². The Morgan fingerprint density at radius 2 is 1.02 bits per heavy atom. The van der Waals surface area contributed by atoms with Gasteiger partial charge in [0.05, 0.1) is 38.6 Å². The van der Waals surface area contributed by atoms with Crippen molar-refractivity contribution < 1.29 is 4.42 Å². The predicted molar refractivity (Wildman–Crippen MR) is 340 cm³/mol. The molecule has 0 aliphatic carbocycles. The van der Waals surface area contributed by atoms with Crippen molar-refractivity contribution in [1.29, 1.82) is 0 Å². The van der Waals surface area contributed by atoms with E-state index in [1.54, 1.807) is 6.07 Å². The number of hydrogen-bond acceptors (Lipinski definition) is 8. The first-order chi connectivity index (χ1) is 38.0. The van der Waals surface area contributed by atoms with Gasteiger partial charge in [-0.1, -0.05) is 133 Å². The minimum atomic E-state index is 0. The number of aromatic nitrogens is 11. The first-order valence-electron chi connectivity index (χ1n) is 28.1. The molecule has 0 saturated heterocycles. The van der Waals surface area contributed by atoms with Crippen molar-refractivity contribution in [1.82, 2.24) is 54.0 Å². The van der Waals surface area contributed by atoms with Crippen LogP contribution in [0.15, 0.2) is 131 Å². The molecular weight excluding hydrogens is 1000 g/mol. The zero-order chi connectivity index (χ0) is 58.1. The largest absolute Gasteiger partial charge is 0.440 e. The van der Waals surface area contributed by atoms with Crippen LogP contribution < -0.4 is 5.43 Å². The number of benzene rings is 5. The molecule has 0 bridgehead atoms. The SMILES string of the molecule is C.CC(C)c1cc(=O)c2ccccc2[nH]1.CC(C)c1nc2ccccc2n1C.CC(C)c1nc2ccccc2o1.Cc1cc2nc(C(C)C)[nH]c2cc1C.Cc1ccc2c(c1)nc(C(C)C)n2C.Cc1cnc2nc(C(C)C)[nH]c2c1. The number of oxazole rings is 1. The lowest BCUT2D eigenvalue weighted by Gasteiger charge is -2.06. The molecular formula is C68H87N11O2. The molecule has 426 valence electrons. The zero-order valence-corrected chi connectivity index (χ0v) is 50.4. The summed E-state index contributed by atoms with van der Waals surface area (Å²) in [6.45, 7) is 33.9. The average molecular weight is 1090 g/mol. The van der Waals surface area contributed by atoms with Crippen molar-refractivity contribution >= 4 is 66.3 Å². The van der Waals surface area contributed by atoms with E-state index in [0.29, 0.717) is 35.5 Å². The number of hydrogen-bond donors (Lipinski definition) is 3. The summed E-state index contributed by atoms with van der Waals surface area (Å²) >= 11 is 0. The lowest BCUT2D eigenvalue weighted by molar-refractivity contribution is 0.501. The van der Waals surface area contributed by atoms with Crippen molar-refractivity contribution in [3.05, 3.63) is 189 Å². The Morgan fingerprint density at radius 1 is 0.457 bits per heavy atom. The van der Waals surface area contributed by atoms with Gasteiger partial charge in [0, 0.05) is 72.5 Å². The summed E-state index contributed by atoms with van der Waals surface area (Å²) < 4.78 is 9.86. The molecule has 0 saturated carbocycles. The summed E-state index contributed by atoms with van der Waals surface area (Å²) in [4.78, 5) is 48.3. The second-order valence-electron chi connectivity index (χ2n) is 22.7. The van der Waals surface area contributed by atoms with Crippen LogP contribution in [0.4, 0.5) is 0 Å². The van der Waals surface area contributed by atoms with E-state index in [1.165, 1.54) is 27.7 Å². The van der Waals surface area contributed by atoms with Crippen LogP contribution in [0.5, 0.6) is 0 Å². The van der Waals surface area contributed by atoms with Gasteiger partial charge in [0.2, 0.25) is 0 Å². The number of H-pyrrole nitrogens is 3. The van der Waals surface area contributed by atoms with Crippen molar-refractivity contribution in [2.45, 2.75) is 154 Å². The number of nitrogens with zero attached hydrogens (tertiary/aromatic N) is 8. The highest BCUT2D eigenvalue weighted by Gasteiger charge is 2.13. The normalized spacial score (nSPS) is 11.2. The fourth-order valence-corrected chi connectivity index (χ4v) is 9.05. The van der Waals surface area contributed by atoms with E-state index >= 15 is 0 Å². The first kappa shape index (κ1) is 62.0. The predicted octanol–water partition coefficient (Wildman–Crippen LogP) is 17.6. The second-order valence-corrected chi connectivity index (χ2v) is 22.7. The van der Waals surface area contributed by atoms with Gasteiger partial charge in [0.15, 0.2) is 22.5 Å². The van der Waals surface area contributed by atoms with Gasteiger partial charge in [-0.15, -0.1) is 0 Å². The van der Waals surface area contributed by atoms with Crippen LogP contribution in [0.25, 0.3) is 66.3 Å². The van der Waals surface area contributed by atoms with Crippen LogP contribution in [0, 0.1) is 27.7 Å². The number of aromatic amines is 3. The summed E-state index contributed by atoms with van der Waals surface area (Å²) in [6, 6.07) is 38.1. The Bertz CT molecular complexity index is 3970. The molecule has 5 aromatic carbocycles. The number of imidazole rings is 4. The van der Waals surface area contributed by atoms with E-state index in [4.69, 9.17) is 4.42 Å². The van der Waals surface area contributed by atoms with Crippen molar-refractivity contribution in [2.75, 3.05) is 0 Å². The Hall–Kier alpha value is -8.19. The Kier molecular flexibility index (Phi) is 20.9. The lowest BCUT2D eigenvalue weighted by Crippen LogP contribution is -2.05. The smallest absolute Gasteiger partial charge is 0.198 e. The van der Waals surface area contributed by atoms with Crippen LogP contribution in [0.2, 0.25) is 0 Å². The zero-order valence-electron chi connectivity index (χ0n) is 50.4. The molecule has 0 fully saturated rings. The molecule has 13 nitrogen and oxygen atoms in total. The summed E-state index contributed by atoms with van der Waals surface area (Å²) in [5, 5.41) is 0.761. The maximum atomic E-state index is 11.7. The van der Waals surface area contributed by atoms with Gasteiger partial charge in [-0.3, -0.25) is 4.79 Å². The van der Waals surface area contributed by atoms with Gasteiger partial charge in [-0.25, -0.2) is 29.9 Å². The van der Waals surface area contributed by atoms with Crippen LogP contribution in [-0.2, 0) is 14.1 Å². The molecule has 3 N–H and O–H groups in total. The number of aryl methyl sites for hydroxylation is 6. The molecule has 7 aromatic heterocycles. The molecule has 81 heavy (non-hydrogen) atoms. The molecule has 0 unspecified atom stereocenters. The van der Waals surface area contributed by atoms with Crippen LogP contribution in [0.1, 0.15) is 183 Å². The second kappa shape index (κ2) is 27.3. The van der Waals surface area contributed by atoms with E-state index in [9.17, 15) is 4.79 Å². The molecule has 7 heterocycles.